The van der Waals surface area contributed by atoms with E-state index >= 15 is 0 Å². The lowest BCUT2D eigenvalue weighted by Crippen LogP contribution is -2.36. The number of hydrogen-bond acceptors (Lipinski definition) is 2. The zero-order valence-electron chi connectivity index (χ0n) is 11.9. The largest absolute Gasteiger partial charge is 0.480 e. The molecule has 0 aliphatic carbocycles. The number of carbonyl (C=O) groups is 2. The Balaban J connectivity index is 2.59. The first-order valence-corrected chi connectivity index (χ1v) is 7.06. The monoisotopic (exact) mass is 297 g/mol. The van der Waals surface area contributed by atoms with Crippen LogP contribution in [-0.4, -0.2) is 35.0 Å². The molecule has 0 radical (unpaired) electrons. The number of aryl methyl sites for hydroxylation is 2. The van der Waals surface area contributed by atoms with E-state index in [1.54, 1.807) is 0 Å². The van der Waals surface area contributed by atoms with E-state index in [0.717, 1.165) is 17.5 Å². The molecule has 1 N–H and O–H groups in total. The van der Waals surface area contributed by atoms with Crippen molar-refractivity contribution in [2.24, 2.45) is 0 Å². The summed E-state index contributed by atoms with van der Waals surface area (Å²) in [7, 11) is 0. The quantitative estimate of drug-likeness (QED) is 0.842. The van der Waals surface area contributed by atoms with Crippen LogP contribution in [0, 0.1) is 6.92 Å². The molecule has 110 valence electrons. The van der Waals surface area contributed by atoms with Gasteiger partial charge in [0.25, 0.3) is 0 Å². The van der Waals surface area contributed by atoms with Crippen LogP contribution in [0.2, 0.25) is 5.02 Å². The smallest absolute Gasteiger partial charge is 0.323 e. The molecule has 0 aromatic heterocycles. The molecule has 20 heavy (non-hydrogen) atoms. The van der Waals surface area contributed by atoms with Gasteiger partial charge in [0.05, 0.1) is 0 Å². The SMILES string of the molecule is CCCN(CC(=O)O)C(=O)CCc1ccc(C)c(Cl)c1. The number of hydrogen-bond donors (Lipinski definition) is 1. The highest BCUT2D eigenvalue weighted by atomic mass is 35.5. The van der Waals surface area contributed by atoms with Crippen LogP contribution in [0.15, 0.2) is 18.2 Å². The highest BCUT2D eigenvalue weighted by Gasteiger charge is 2.15. The lowest BCUT2D eigenvalue weighted by atomic mass is 10.1. The maximum atomic E-state index is 12.0. The van der Waals surface area contributed by atoms with Crippen LogP contribution in [0.1, 0.15) is 30.9 Å². The lowest BCUT2D eigenvalue weighted by molar-refractivity contribution is -0.144. The van der Waals surface area contributed by atoms with Gasteiger partial charge in [-0.25, -0.2) is 0 Å². The number of carboxylic acid groups (broad SMARTS) is 1. The number of halogens is 1. The van der Waals surface area contributed by atoms with E-state index in [2.05, 4.69) is 0 Å². The fourth-order valence-electron chi connectivity index (χ4n) is 1.93. The Morgan fingerprint density at radius 1 is 1.35 bits per heavy atom. The normalized spacial score (nSPS) is 10.3. The molecular weight excluding hydrogens is 278 g/mol. The van der Waals surface area contributed by atoms with Crippen molar-refractivity contribution in [1.82, 2.24) is 4.90 Å². The van der Waals surface area contributed by atoms with Crippen molar-refractivity contribution in [2.75, 3.05) is 13.1 Å². The van der Waals surface area contributed by atoms with E-state index in [4.69, 9.17) is 16.7 Å². The molecule has 0 aliphatic heterocycles. The van der Waals surface area contributed by atoms with Crippen molar-refractivity contribution < 1.29 is 14.7 Å². The minimum atomic E-state index is -0.981. The highest BCUT2D eigenvalue weighted by Crippen LogP contribution is 2.17. The van der Waals surface area contributed by atoms with Gasteiger partial charge in [-0.15, -0.1) is 0 Å². The maximum Gasteiger partial charge on any atom is 0.323 e. The molecule has 5 heteroatoms. The molecule has 0 fully saturated rings. The third-order valence-corrected chi connectivity index (χ3v) is 3.44. The summed E-state index contributed by atoms with van der Waals surface area (Å²) in [6.07, 6.45) is 1.61. The Morgan fingerprint density at radius 2 is 2.05 bits per heavy atom. The first-order valence-electron chi connectivity index (χ1n) is 6.68. The van der Waals surface area contributed by atoms with E-state index < -0.39 is 5.97 Å². The standard InChI is InChI=1S/C15H20ClNO3/c1-3-8-17(10-15(19)20)14(18)7-6-12-5-4-11(2)13(16)9-12/h4-5,9H,3,6-8,10H2,1-2H3,(H,19,20). The number of rotatable bonds is 7. The molecule has 0 atom stereocenters. The molecule has 0 heterocycles. The Hall–Kier alpha value is -1.55. The van der Waals surface area contributed by atoms with Crippen LogP contribution in [0.4, 0.5) is 0 Å². The predicted octanol–water partition coefficient (Wildman–Crippen LogP) is 2.90. The number of aliphatic carboxylic acids is 1. The maximum absolute atomic E-state index is 12.0. The number of carbonyl (C=O) groups excluding carboxylic acids is 1. The van der Waals surface area contributed by atoms with E-state index in [-0.39, 0.29) is 12.5 Å². The second-order valence-corrected chi connectivity index (χ2v) is 5.20. The van der Waals surface area contributed by atoms with Crippen LogP contribution in [-0.2, 0) is 16.0 Å². The van der Waals surface area contributed by atoms with Gasteiger partial charge in [-0.1, -0.05) is 30.7 Å². The Kier molecular flexibility index (Phi) is 6.52. The van der Waals surface area contributed by atoms with Crippen molar-refractivity contribution in [3.05, 3.63) is 34.3 Å². The van der Waals surface area contributed by atoms with Gasteiger partial charge in [-0.3, -0.25) is 9.59 Å². The van der Waals surface area contributed by atoms with Crippen molar-refractivity contribution in [3.63, 3.8) is 0 Å². The van der Waals surface area contributed by atoms with Crippen LogP contribution in [0.3, 0.4) is 0 Å². The van der Waals surface area contributed by atoms with E-state index in [0.29, 0.717) is 24.4 Å². The molecule has 0 saturated heterocycles. The molecule has 0 bridgehead atoms. The number of carboxylic acids is 1. The van der Waals surface area contributed by atoms with Crippen LogP contribution in [0.5, 0.6) is 0 Å². The van der Waals surface area contributed by atoms with Gasteiger partial charge in [0.15, 0.2) is 0 Å². The van der Waals surface area contributed by atoms with Gasteiger partial charge >= 0.3 is 5.97 Å². The fraction of sp³-hybridized carbons (Fsp3) is 0.467. The molecular formula is C15H20ClNO3. The van der Waals surface area contributed by atoms with Crippen LogP contribution < -0.4 is 0 Å². The van der Waals surface area contributed by atoms with Gasteiger partial charge in [-0.2, -0.15) is 0 Å². The van der Waals surface area contributed by atoms with Crippen molar-refractivity contribution in [3.8, 4) is 0 Å². The molecule has 0 spiro atoms. The first kappa shape index (κ1) is 16.5. The van der Waals surface area contributed by atoms with Gasteiger partial charge < -0.3 is 10.0 Å². The predicted molar refractivity (Wildman–Crippen MR) is 79.0 cm³/mol. The van der Waals surface area contributed by atoms with Gasteiger partial charge in [-0.05, 0) is 37.0 Å². The molecule has 1 rings (SSSR count). The molecule has 1 aromatic carbocycles. The van der Waals surface area contributed by atoms with Crippen molar-refractivity contribution >= 4 is 23.5 Å². The number of benzene rings is 1. The average Bonchev–Trinajstić information content (AvgIpc) is 2.39. The van der Waals surface area contributed by atoms with E-state index in [1.807, 2.05) is 32.0 Å². The molecule has 0 unspecified atom stereocenters. The molecule has 1 aromatic rings. The van der Waals surface area contributed by atoms with Crippen molar-refractivity contribution in [2.45, 2.75) is 33.1 Å². The highest BCUT2D eigenvalue weighted by molar-refractivity contribution is 6.31. The van der Waals surface area contributed by atoms with Gasteiger partial charge in [0.2, 0.25) is 5.91 Å². The summed E-state index contributed by atoms with van der Waals surface area (Å²) in [4.78, 5) is 24.1. The van der Waals surface area contributed by atoms with Crippen LogP contribution >= 0.6 is 11.6 Å². The first-order chi connectivity index (χ1) is 9.43. The average molecular weight is 298 g/mol. The Bertz CT molecular complexity index is 488. The van der Waals surface area contributed by atoms with Crippen LogP contribution in [0.25, 0.3) is 0 Å². The Labute approximate surface area is 124 Å². The van der Waals surface area contributed by atoms with E-state index in [9.17, 15) is 9.59 Å². The minimum Gasteiger partial charge on any atom is -0.480 e. The Morgan fingerprint density at radius 3 is 2.60 bits per heavy atom. The zero-order chi connectivity index (χ0) is 15.1. The molecule has 0 aliphatic rings. The third-order valence-electron chi connectivity index (χ3n) is 3.04. The summed E-state index contributed by atoms with van der Waals surface area (Å²) in [5.74, 6) is -1.11. The summed E-state index contributed by atoms with van der Waals surface area (Å²) in [5, 5.41) is 9.49. The fourth-order valence-corrected chi connectivity index (χ4v) is 2.13. The lowest BCUT2D eigenvalue weighted by Gasteiger charge is -2.19. The summed E-state index contributed by atoms with van der Waals surface area (Å²) >= 11 is 6.04. The second-order valence-electron chi connectivity index (χ2n) is 4.79. The topological polar surface area (TPSA) is 57.6 Å². The molecule has 0 saturated carbocycles. The summed E-state index contributed by atoms with van der Waals surface area (Å²) in [6.45, 7) is 4.08. The summed E-state index contributed by atoms with van der Waals surface area (Å²) < 4.78 is 0. The summed E-state index contributed by atoms with van der Waals surface area (Å²) in [6, 6.07) is 5.71. The molecule has 1 amide bonds. The molecule has 4 nitrogen and oxygen atoms in total. The van der Waals surface area contributed by atoms with Crippen molar-refractivity contribution in [1.29, 1.82) is 0 Å². The second kappa shape index (κ2) is 7.90. The number of amides is 1. The van der Waals surface area contributed by atoms with E-state index in [1.165, 1.54) is 4.90 Å². The third kappa shape index (κ3) is 5.21. The zero-order valence-corrected chi connectivity index (χ0v) is 12.6. The minimum absolute atomic E-state index is 0.133. The summed E-state index contributed by atoms with van der Waals surface area (Å²) in [5.41, 5.74) is 1.99. The number of nitrogens with zero attached hydrogens (tertiary/aromatic N) is 1. The van der Waals surface area contributed by atoms with Gasteiger partial charge in [0.1, 0.15) is 6.54 Å². The van der Waals surface area contributed by atoms with Gasteiger partial charge in [0, 0.05) is 18.0 Å².